The Morgan fingerprint density at radius 3 is 2.79 bits per heavy atom. The van der Waals surface area contributed by atoms with Crippen LogP contribution in [0, 0.1) is 0 Å². The number of carbonyl (C=O) groups excluding carboxylic acids is 1. The molecule has 2 aromatic rings. The average molecular weight is 257 g/mol. The minimum absolute atomic E-state index is 0.276. The number of carbonyl (C=O) groups is 1. The predicted octanol–water partition coefficient (Wildman–Crippen LogP) is 3.27. The van der Waals surface area contributed by atoms with Crippen molar-refractivity contribution in [2.24, 2.45) is 0 Å². The van der Waals surface area contributed by atoms with Gasteiger partial charge in [0.05, 0.1) is 6.26 Å². The molecular weight excluding hydrogens is 242 g/mol. The third kappa shape index (κ3) is 2.62. The summed E-state index contributed by atoms with van der Waals surface area (Å²) in [5, 5.41) is 0. The first-order valence-electron chi connectivity index (χ1n) is 6.38. The smallest absolute Gasteiger partial charge is 0.415 e. The van der Waals surface area contributed by atoms with E-state index in [0.29, 0.717) is 18.8 Å². The van der Waals surface area contributed by atoms with Crippen molar-refractivity contribution in [1.82, 2.24) is 4.90 Å². The van der Waals surface area contributed by atoms with Gasteiger partial charge in [-0.1, -0.05) is 18.2 Å². The summed E-state index contributed by atoms with van der Waals surface area (Å²) in [5.41, 5.74) is 0. The highest BCUT2D eigenvalue weighted by Crippen LogP contribution is 2.27. The Balaban J connectivity index is 1.60. The number of amides is 1. The lowest BCUT2D eigenvalue weighted by Gasteiger charge is -2.15. The zero-order valence-electron chi connectivity index (χ0n) is 10.5. The molecule has 0 bridgehead atoms. The van der Waals surface area contributed by atoms with E-state index < -0.39 is 0 Å². The third-order valence-corrected chi connectivity index (χ3v) is 3.34. The third-order valence-electron chi connectivity index (χ3n) is 3.34. The van der Waals surface area contributed by atoms with Crippen LogP contribution in [-0.2, 0) is 0 Å². The predicted molar refractivity (Wildman–Crippen MR) is 70.1 cm³/mol. The molecule has 4 nitrogen and oxygen atoms in total. The second kappa shape index (κ2) is 5.18. The quantitative estimate of drug-likeness (QED) is 0.829. The van der Waals surface area contributed by atoms with Crippen molar-refractivity contribution in [3.63, 3.8) is 0 Å². The summed E-state index contributed by atoms with van der Waals surface area (Å²) < 4.78 is 10.7. The first-order valence-corrected chi connectivity index (χ1v) is 6.38. The molecule has 2 heterocycles. The Labute approximate surface area is 111 Å². The van der Waals surface area contributed by atoms with Gasteiger partial charge in [0.25, 0.3) is 0 Å². The maximum atomic E-state index is 12.0. The standard InChI is InChI=1S/C15H15NO3/c17-15(19-13-5-2-1-3-6-13)16-9-8-12(11-16)14-7-4-10-18-14/h1-7,10,12H,8-9,11H2. The summed E-state index contributed by atoms with van der Waals surface area (Å²) in [6.45, 7) is 1.36. The van der Waals surface area contributed by atoms with Crippen molar-refractivity contribution in [2.75, 3.05) is 13.1 Å². The van der Waals surface area contributed by atoms with Crippen molar-refractivity contribution < 1.29 is 13.9 Å². The number of likely N-dealkylation sites (tertiary alicyclic amines) is 1. The second-order valence-corrected chi connectivity index (χ2v) is 4.63. The van der Waals surface area contributed by atoms with E-state index in [1.54, 1.807) is 23.3 Å². The molecule has 1 unspecified atom stereocenters. The fourth-order valence-electron chi connectivity index (χ4n) is 2.34. The molecule has 0 N–H and O–H groups in total. The number of rotatable bonds is 2. The van der Waals surface area contributed by atoms with E-state index in [9.17, 15) is 4.79 Å². The van der Waals surface area contributed by atoms with Crippen molar-refractivity contribution in [3.8, 4) is 5.75 Å². The summed E-state index contributed by atoms with van der Waals surface area (Å²) in [6.07, 6.45) is 2.29. The van der Waals surface area contributed by atoms with Gasteiger partial charge in [0, 0.05) is 19.0 Å². The second-order valence-electron chi connectivity index (χ2n) is 4.63. The van der Waals surface area contributed by atoms with E-state index >= 15 is 0 Å². The average Bonchev–Trinajstić information content (AvgIpc) is 3.11. The topological polar surface area (TPSA) is 42.7 Å². The number of ether oxygens (including phenoxy) is 1. The first kappa shape index (κ1) is 11.8. The Hall–Kier alpha value is -2.23. The monoisotopic (exact) mass is 257 g/mol. The Morgan fingerprint density at radius 1 is 1.21 bits per heavy atom. The molecular formula is C15H15NO3. The highest BCUT2D eigenvalue weighted by molar-refractivity contribution is 5.71. The lowest BCUT2D eigenvalue weighted by atomic mass is 10.1. The van der Waals surface area contributed by atoms with Crippen LogP contribution in [0.15, 0.2) is 53.1 Å². The Kier molecular flexibility index (Phi) is 3.23. The molecule has 0 aliphatic carbocycles. The van der Waals surface area contributed by atoms with Gasteiger partial charge in [0.1, 0.15) is 11.5 Å². The van der Waals surface area contributed by atoms with Gasteiger partial charge in [0.2, 0.25) is 0 Å². The highest BCUT2D eigenvalue weighted by Gasteiger charge is 2.29. The zero-order valence-corrected chi connectivity index (χ0v) is 10.5. The molecule has 1 aliphatic heterocycles. The molecule has 98 valence electrons. The molecule has 3 rings (SSSR count). The SMILES string of the molecule is O=C(Oc1ccccc1)N1CCC(c2ccco2)C1. The van der Waals surface area contributed by atoms with Crippen LogP contribution in [0.3, 0.4) is 0 Å². The van der Waals surface area contributed by atoms with Gasteiger partial charge in [-0.3, -0.25) is 0 Å². The molecule has 1 aromatic carbocycles. The number of nitrogens with zero attached hydrogens (tertiary/aromatic N) is 1. The highest BCUT2D eigenvalue weighted by atomic mass is 16.6. The Morgan fingerprint density at radius 2 is 2.05 bits per heavy atom. The number of hydrogen-bond donors (Lipinski definition) is 0. The molecule has 4 heteroatoms. The van der Waals surface area contributed by atoms with Gasteiger partial charge >= 0.3 is 6.09 Å². The molecule has 1 atom stereocenters. The van der Waals surface area contributed by atoms with Crippen LogP contribution in [-0.4, -0.2) is 24.1 Å². The molecule has 1 fully saturated rings. The van der Waals surface area contributed by atoms with Gasteiger partial charge in [-0.05, 0) is 30.7 Å². The maximum Gasteiger partial charge on any atom is 0.415 e. The van der Waals surface area contributed by atoms with Crippen LogP contribution in [0.4, 0.5) is 4.79 Å². The minimum Gasteiger partial charge on any atom is -0.469 e. The van der Waals surface area contributed by atoms with Crippen LogP contribution in [0.2, 0.25) is 0 Å². The normalized spacial score (nSPS) is 18.5. The first-order chi connectivity index (χ1) is 9.33. The van der Waals surface area contributed by atoms with Crippen LogP contribution in [0.5, 0.6) is 5.75 Å². The zero-order chi connectivity index (χ0) is 13.1. The summed E-state index contributed by atoms with van der Waals surface area (Å²) in [6, 6.07) is 13.0. The number of para-hydroxylation sites is 1. The number of furan rings is 1. The van der Waals surface area contributed by atoms with Crippen molar-refractivity contribution >= 4 is 6.09 Å². The summed E-state index contributed by atoms with van der Waals surface area (Å²) in [7, 11) is 0. The summed E-state index contributed by atoms with van der Waals surface area (Å²) >= 11 is 0. The molecule has 1 aliphatic rings. The van der Waals surface area contributed by atoms with Gasteiger partial charge in [-0.2, -0.15) is 0 Å². The lowest BCUT2D eigenvalue weighted by Crippen LogP contribution is -2.31. The molecule has 19 heavy (non-hydrogen) atoms. The van der Waals surface area contributed by atoms with E-state index in [1.807, 2.05) is 30.3 Å². The van der Waals surface area contributed by atoms with Gasteiger partial charge in [-0.25, -0.2) is 4.79 Å². The van der Waals surface area contributed by atoms with E-state index in [2.05, 4.69) is 0 Å². The van der Waals surface area contributed by atoms with Crippen molar-refractivity contribution in [2.45, 2.75) is 12.3 Å². The number of hydrogen-bond acceptors (Lipinski definition) is 3. The Bertz CT molecular complexity index is 536. The largest absolute Gasteiger partial charge is 0.469 e. The molecule has 1 amide bonds. The van der Waals surface area contributed by atoms with Gasteiger partial charge in [0.15, 0.2) is 0 Å². The van der Waals surface area contributed by atoms with Crippen molar-refractivity contribution in [1.29, 1.82) is 0 Å². The van der Waals surface area contributed by atoms with E-state index in [4.69, 9.17) is 9.15 Å². The van der Waals surface area contributed by atoms with E-state index in [1.165, 1.54) is 0 Å². The van der Waals surface area contributed by atoms with E-state index in [0.717, 1.165) is 12.2 Å². The van der Waals surface area contributed by atoms with Crippen LogP contribution in [0.1, 0.15) is 18.1 Å². The molecule has 0 radical (unpaired) electrons. The van der Waals surface area contributed by atoms with Gasteiger partial charge < -0.3 is 14.1 Å². The minimum atomic E-state index is -0.291. The van der Waals surface area contributed by atoms with E-state index in [-0.39, 0.29) is 12.0 Å². The fraction of sp³-hybridized carbons (Fsp3) is 0.267. The molecule has 0 saturated carbocycles. The molecule has 1 saturated heterocycles. The summed E-state index contributed by atoms with van der Waals surface area (Å²) in [5.74, 6) is 1.79. The maximum absolute atomic E-state index is 12.0. The van der Waals surface area contributed by atoms with Crippen LogP contribution in [0.25, 0.3) is 0 Å². The molecule has 1 aromatic heterocycles. The van der Waals surface area contributed by atoms with Gasteiger partial charge in [-0.15, -0.1) is 0 Å². The van der Waals surface area contributed by atoms with Crippen LogP contribution >= 0.6 is 0 Å². The fourth-order valence-corrected chi connectivity index (χ4v) is 2.34. The lowest BCUT2D eigenvalue weighted by molar-refractivity contribution is 0.162. The number of benzene rings is 1. The van der Waals surface area contributed by atoms with Crippen molar-refractivity contribution in [3.05, 3.63) is 54.5 Å². The molecule has 0 spiro atoms. The summed E-state index contributed by atoms with van der Waals surface area (Å²) in [4.78, 5) is 13.7. The van der Waals surface area contributed by atoms with Crippen LogP contribution < -0.4 is 4.74 Å².